The lowest BCUT2D eigenvalue weighted by molar-refractivity contribution is -0.137. The molecular weight excluding hydrogens is 421 g/mol. The van der Waals surface area contributed by atoms with E-state index in [2.05, 4.69) is 16.9 Å². The Morgan fingerprint density at radius 3 is 2.34 bits per heavy atom. The van der Waals surface area contributed by atoms with E-state index >= 15 is 0 Å². The van der Waals surface area contributed by atoms with E-state index in [1.165, 1.54) is 51.7 Å². The maximum atomic E-state index is 12.8. The van der Waals surface area contributed by atoms with Crippen LogP contribution in [0.2, 0.25) is 0 Å². The molecule has 1 aromatic carbocycles. The molecule has 3 rings (SSSR count). The minimum absolute atomic E-state index is 0.0768. The van der Waals surface area contributed by atoms with Gasteiger partial charge in [-0.1, -0.05) is 33.6 Å². The molecule has 0 spiro atoms. The maximum Gasteiger partial charge on any atom is 0.416 e. The fraction of sp³-hybridized carbons (Fsp3) is 0.609. The summed E-state index contributed by atoms with van der Waals surface area (Å²) in [5.74, 6) is -0.985. The van der Waals surface area contributed by atoms with E-state index in [1.54, 1.807) is 13.8 Å². The van der Waals surface area contributed by atoms with Gasteiger partial charge in [0.2, 0.25) is 5.91 Å². The van der Waals surface area contributed by atoms with Crippen molar-refractivity contribution in [1.82, 2.24) is 14.7 Å². The first kappa shape index (κ1) is 25.8. The van der Waals surface area contributed by atoms with Crippen LogP contribution in [0.3, 0.4) is 0 Å². The Kier molecular flexibility index (Phi) is 9.24. The fourth-order valence-corrected chi connectivity index (χ4v) is 3.73. The van der Waals surface area contributed by atoms with Crippen LogP contribution >= 0.6 is 0 Å². The van der Waals surface area contributed by atoms with Crippen LogP contribution in [-0.4, -0.2) is 40.2 Å². The number of primary amides is 1. The van der Waals surface area contributed by atoms with Gasteiger partial charge in [-0.25, -0.2) is 4.68 Å². The van der Waals surface area contributed by atoms with Crippen LogP contribution in [0.1, 0.15) is 70.1 Å². The minimum atomic E-state index is -4.51. The third-order valence-electron chi connectivity index (χ3n) is 5.45. The number of nitrogens with two attached hydrogens (primary N) is 1. The molecule has 2 aromatic rings. The van der Waals surface area contributed by atoms with Crippen LogP contribution in [0.4, 0.5) is 13.2 Å². The van der Waals surface area contributed by atoms with Crippen molar-refractivity contribution in [2.45, 2.75) is 71.5 Å². The number of aromatic nitrogens is 2. The number of likely N-dealkylation sites (tertiary alicyclic amines) is 1. The van der Waals surface area contributed by atoms with Gasteiger partial charge in [0.1, 0.15) is 6.54 Å². The Balaban J connectivity index is 0.000000303. The zero-order valence-electron chi connectivity index (χ0n) is 19.0. The number of halogens is 3. The summed E-state index contributed by atoms with van der Waals surface area (Å²) >= 11 is 0. The van der Waals surface area contributed by atoms with Crippen molar-refractivity contribution in [2.75, 3.05) is 19.6 Å². The van der Waals surface area contributed by atoms with Crippen molar-refractivity contribution in [2.24, 2.45) is 5.73 Å². The van der Waals surface area contributed by atoms with Crippen LogP contribution in [0.5, 0.6) is 0 Å². The molecule has 0 bridgehead atoms. The Labute approximate surface area is 186 Å². The Hall–Kier alpha value is -2.42. The number of carbonyl (C=O) groups excluding carboxylic acids is 1. The monoisotopic (exact) mass is 454 g/mol. The second kappa shape index (κ2) is 11.4. The lowest BCUT2D eigenvalue weighted by Crippen LogP contribution is -2.31. The van der Waals surface area contributed by atoms with Crippen molar-refractivity contribution >= 4 is 16.7 Å². The molecule has 0 aliphatic carbocycles. The molecule has 0 radical (unpaired) electrons. The van der Waals surface area contributed by atoms with Gasteiger partial charge in [-0.2, -0.15) is 18.3 Å². The molecule has 1 saturated heterocycles. The smallest absolute Gasteiger partial charge is 0.368 e. The predicted octanol–water partition coefficient (Wildman–Crippen LogP) is 4.30. The van der Waals surface area contributed by atoms with E-state index in [0.717, 1.165) is 22.9 Å². The van der Waals surface area contributed by atoms with Gasteiger partial charge < -0.3 is 10.6 Å². The van der Waals surface area contributed by atoms with E-state index in [1.807, 2.05) is 0 Å². The lowest BCUT2D eigenvalue weighted by Gasteiger charge is -2.25. The highest BCUT2D eigenvalue weighted by atomic mass is 19.4. The third-order valence-corrected chi connectivity index (χ3v) is 5.45. The number of hydrogen-bond acceptors (Lipinski definition) is 4. The number of amides is 1. The zero-order valence-corrected chi connectivity index (χ0v) is 19.0. The van der Waals surface area contributed by atoms with Crippen LogP contribution in [0.15, 0.2) is 23.0 Å². The molecule has 0 saturated carbocycles. The number of hydrogen-bond donors (Lipinski definition) is 1. The summed E-state index contributed by atoms with van der Waals surface area (Å²) in [6.45, 7) is 9.39. The Morgan fingerprint density at radius 1 is 1.16 bits per heavy atom. The molecule has 2 N–H and O–H groups in total. The molecule has 32 heavy (non-hydrogen) atoms. The summed E-state index contributed by atoms with van der Waals surface area (Å²) in [4.78, 5) is 25.8. The summed E-state index contributed by atoms with van der Waals surface area (Å²) in [5.41, 5.74) is 3.87. The maximum absolute atomic E-state index is 12.8. The lowest BCUT2D eigenvalue weighted by atomic mass is 10.0. The number of carbonyl (C=O) groups is 1. The number of unbranched alkanes of at least 4 members (excludes halogenated alkanes) is 1. The summed E-state index contributed by atoms with van der Waals surface area (Å²) in [6.07, 6.45) is 2.55. The van der Waals surface area contributed by atoms with E-state index in [4.69, 9.17) is 5.73 Å². The molecule has 9 heteroatoms. The van der Waals surface area contributed by atoms with Gasteiger partial charge in [-0.15, -0.1) is 0 Å². The number of alkyl halides is 3. The standard InChI is InChI=1S/C14H14F3N3O2.C9H19N/c1-7(2)12-10-5-8(14(15,16)17)3-4-9(10)13(22)20(19-12)6-11(18)21;1-2-3-7-10-8-5-4-6-9-10/h3-5,7H,6H2,1-2H3,(H2,18,21);2-9H2,1H3. The number of piperidine rings is 1. The molecule has 2 heterocycles. The Bertz CT molecular complexity index is 964. The second-order valence-corrected chi connectivity index (χ2v) is 8.48. The van der Waals surface area contributed by atoms with Gasteiger partial charge in [-0.05, 0) is 63.0 Å². The first-order chi connectivity index (χ1) is 15.0. The SMILES string of the molecule is CC(C)c1nn(CC(N)=O)c(=O)c2ccc(C(F)(F)F)cc12.CCCCN1CCCCC1. The molecule has 1 aliphatic heterocycles. The van der Waals surface area contributed by atoms with Gasteiger partial charge in [0.25, 0.3) is 5.56 Å². The quantitative estimate of drug-likeness (QED) is 0.706. The van der Waals surface area contributed by atoms with E-state index in [-0.39, 0.29) is 16.7 Å². The average Bonchev–Trinajstić information content (AvgIpc) is 2.74. The van der Waals surface area contributed by atoms with E-state index in [0.29, 0.717) is 5.69 Å². The minimum Gasteiger partial charge on any atom is -0.368 e. The molecule has 0 atom stereocenters. The number of fused-ring (bicyclic) bond motifs is 1. The number of rotatable bonds is 6. The molecule has 1 aromatic heterocycles. The molecule has 1 amide bonds. The van der Waals surface area contributed by atoms with E-state index in [9.17, 15) is 22.8 Å². The van der Waals surface area contributed by atoms with Gasteiger partial charge in [0.05, 0.1) is 16.6 Å². The normalized spacial score (nSPS) is 15.0. The van der Waals surface area contributed by atoms with E-state index < -0.39 is 29.8 Å². The third kappa shape index (κ3) is 7.05. The second-order valence-electron chi connectivity index (χ2n) is 8.48. The highest BCUT2D eigenvalue weighted by Gasteiger charge is 2.31. The molecule has 6 nitrogen and oxygen atoms in total. The fourth-order valence-electron chi connectivity index (χ4n) is 3.73. The molecule has 178 valence electrons. The largest absolute Gasteiger partial charge is 0.416 e. The van der Waals surface area contributed by atoms with Crippen LogP contribution in [-0.2, 0) is 17.5 Å². The van der Waals surface area contributed by atoms with Crippen molar-refractivity contribution in [3.63, 3.8) is 0 Å². The number of benzene rings is 1. The average molecular weight is 455 g/mol. The zero-order chi connectivity index (χ0) is 23.9. The first-order valence-electron chi connectivity index (χ1n) is 11.2. The topological polar surface area (TPSA) is 81.2 Å². The van der Waals surface area contributed by atoms with Crippen molar-refractivity contribution in [1.29, 1.82) is 0 Å². The van der Waals surface area contributed by atoms with Crippen molar-refractivity contribution in [3.8, 4) is 0 Å². The summed E-state index contributed by atoms with van der Waals surface area (Å²) < 4.78 is 39.4. The van der Waals surface area contributed by atoms with Gasteiger partial charge >= 0.3 is 6.18 Å². The molecular formula is C23H33F3N4O2. The molecule has 1 fully saturated rings. The summed E-state index contributed by atoms with van der Waals surface area (Å²) in [7, 11) is 0. The summed E-state index contributed by atoms with van der Waals surface area (Å²) in [6, 6.07) is 2.85. The van der Waals surface area contributed by atoms with Crippen molar-refractivity contribution in [3.05, 3.63) is 39.8 Å². The highest BCUT2D eigenvalue weighted by Crippen LogP contribution is 2.32. The van der Waals surface area contributed by atoms with Gasteiger partial charge in [0.15, 0.2) is 0 Å². The Morgan fingerprint density at radius 2 is 1.81 bits per heavy atom. The van der Waals surface area contributed by atoms with Crippen LogP contribution in [0, 0.1) is 0 Å². The van der Waals surface area contributed by atoms with Crippen LogP contribution in [0.25, 0.3) is 10.8 Å². The predicted molar refractivity (Wildman–Crippen MR) is 119 cm³/mol. The molecule has 1 aliphatic rings. The van der Waals surface area contributed by atoms with Crippen LogP contribution < -0.4 is 11.3 Å². The van der Waals surface area contributed by atoms with Gasteiger partial charge in [-0.3, -0.25) is 9.59 Å². The summed E-state index contributed by atoms with van der Waals surface area (Å²) in [5, 5.41) is 4.21. The first-order valence-corrected chi connectivity index (χ1v) is 11.2. The molecule has 0 unspecified atom stereocenters. The highest BCUT2D eigenvalue weighted by molar-refractivity contribution is 5.85. The van der Waals surface area contributed by atoms with Crippen molar-refractivity contribution < 1.29 is 18.0 Å². The number of nitrogens with zero attached hydrogens (tertiary/aromatic N) is 3. The van der Waals surface area contributed by atoms with Gasteiger partial charge in [0, 0.05) is 5.39 Å².